The molecule has 2 heterocycles. The van der Waals surface area contributed by atoms with E-state index in [2.05, 4.69) is 204 Å². The summed E-state index contributed by atoms with van der Waals surface area (Å²) in [5.74, 6) is 1.86. The minimum atomic E-state index is 0. The molecule has 0 atom stereocenters. The maximum Gasteiger partial charge on any atom is 0.169 e. The molecule has 0 fully saturated rings. The van der Waals surface area contributed by atoms with Gasteiger partial charge < -0.3 is 26.5 Å². The van der Waals surface area contributed by atoms with Crippen molar-refractivity contribution < 1.29 is 31.0 Å². The summed E-state index contributed by atoms with van der Waals surface area (Å²) in [5, 5.41) is 1.06. The Balaban J connectivity index is 0.000000431. The molecule has 358 valence electrons. The molecular formula is C62H74Br2N2O2. The Morgan fingerprint density at radius 2 is 0.735 bits per heavy atom. The molecule has 0 spiro atoms. The second kappa shape index (κ2) is 37.2. The smallest absolute Gasteiger partial charge is 0.169 e. The molecule has 0 amide bonds. The first kappa shape index (κ1) is 58.3. The summed E-state index contributed by atoms with van der Waals surface area (Å²) in [6, 6.07) is 41.9. The number of allylic oxidation sites excluding steroid dienone is 2. The van der Waals surface area contributed by atoms with Crippen LogP contribution >= 0.6 is 15.9 Å². The minimum absolute atomic E-state index is 0. The van der Waals surface area contributed by atoms with Crippen LogP contribution in [0.4, 0.5) is 0 Å². The molecule has 6 heteroatoms. The lowest BCUT2D eigenvalue weighted by Gasteiger charge is -2.06. The number of hydrogen-bond acceptors (Lipinski definition) is 3. The number of unbranched alkanes of at least 4 members (excludes halogenated alkanes) is 7. The maximum atomic E-state index is 5.89. The van der Waals surface area contributed by atoms with Crippen LogP contribution in [0.2, 0.25) is 0 Å². The summed E-state index contributed by atoms with van der Waals surface area (Å²) >= 11 is 3.15. The van der Waals surface area contributed by atoms with Gasteiger partial charge in [0, 0.05) is 29.9 Å². The highest BCUT2D eigenvalue weighted by Crippen LogP contribution is 2.19. The number of halogens is 2. The third kappa shape index (κ3) is 25.4. The second-order valence-corrected chi connectivity index (χ2v) is 16.8. The summed E-state index contributed by atoms with van der Waals surface area (Å²) in [4.78, 5) is 4.04. The van der Waals surface area contributed by atoms with Gasteiger partial charge in [-0.25, -0.2) is 4.57 Å². The zero-order valence-electron chi connectivity index (χ0n) is 39.7. The lowest BCUT2D eigenvalue weighted by molar-refractivity contribution is -0.693. The number of aryl methyl sites for hydroxylation is 1. The Labute approximate surface area is 429 Å². The lowest BCUT2D eigenvalue weighted by atomic mass is 10.1. The fourth-order valence-corrected chi connectivity index (χ4v) is 6.53. The summed E-state index contributed by atoms with van der Waals surface area (Å²) in [6.07, 6.45) is 39.5. The van der Waals surface area contributed by atoms with Gasteiger partial charge >= 0.3 is 0 Å². The van der Waals surface area contributed by atoms with Crippen molar-refractivity contribution in [3.63, 3.8) is 0 Å². The molecule has 0 aliphatic carbocycles. The average molecular weight is 1040 g/mol. The van der Waals surface area contributed by atoms with Gasteiger partial charge in [-0.05, 0) is 120 Å². The number of rotatable bonds is 24. The van der Waals surface area contributed by atoms with Crippen molar-refractivity contribution in [3.05, 3.63) is 216 Å². The molecule has 68 heavy (non-hydrogen) atoms. The van der Waals surface area contributed by atoms with Crippen LogP contribution < -0.4 is 31.0 Å². The summed E-state index contributed by atoms with van der Waals surface area (Å²) in [7, 11) is 0. The number of pyridine rings is 2. The van der Waals surface area contributed by atoms with Crippen molar-refractivity contribution in [3.8, 4) is 11.5 Å². The van der Waals surface area contributed by atoms with E-state index in [4.69, 9.17) is 9.47 Å². The van der Waals surface area contributed by atoms with Gasteiger partial charge in [-0.2, -0.15) is 0 Å². The molecule has 0 aliphatic heterocycles. The van der Waals surface area contributed by atoms with Crippen molar-refractivity contribution in [2.75, 3.05) is 18.5 Å². The zero-order chi connectivity index (χ0) is 46.7. The van der Waals surface area contributed by atoms with Gasteiger partial charge in [0.05, 0.1) is 13.2 Å². The topological polar surface area (TPSA) is 35.2 Å². The van der Waals surface area contributed by atoms with Crippen LogP contribution in [0.5, 0.6) is 11.5 Å². The average Bonchev–Trinajstić information content (AvgIpc) is 3.37. The van der Waals surface area contributed by atoms with Crippen LogP contribution in [0, 0.1) is 0 Å². The van der Waals surface area contributed by atoms with E-state index in [0.717, 1.165) is 73.4 Å². The van der Waals surface area contributed by atoms with Gasteiger partial charge in [-0.1, -0.05) is 190 Å². The van der Waals surface area contributed by atoms with Gasteiger partial charge in [0.2, 0.25) is 0 Å². The molecule has 0 unspecified atom stereocenters. The predicted molar refractivity (Wildman–Crippen MR) is 297 cm³/mol. The fourth-order valence-electron chi connectivity index (χ4n) is 6.53. The monoisotopic (exact) mass is 1040 g/mol. The normalized spacial score (nSPS) is 10.7. The van der Waals surface area contributed by atoms with Gasteiger partial charge in [0.25, 0.3) is 0 Å². The summed E-state index contributed by atoms with van der Waals surface area (Å²) < 4.78 is 13.8. The molecule has 0 N–H and O–H groups in total. The summed E-state index contributed by atoms with van der Waals surface area (Å²) in [6.45, 7) is 14.2. The van der Waals surface area contributed by atoms with Gasteiger partial charge in [0.1, 0.15) is 18.0 Å². The molecule has 6 rings (SSSR count). The molecule has 0 saturated carbocycles. The molecule has 0 saturated heterocycles. The molecule has 0 bridgehead atoms. The minimum Gasteiger partial charge on any atom is -1.00 e. The van der Waals surface area contributed by atoms with E-state index in [1.54, 1.807) is 12.4 Å². The predicted octanol–water partition coefficient (Wildman–Crippen LogP) is 14.4. The molecule has 0 aliphatic rings. The highest BCUT2D eigenvalue weighted by molar-refractivity contribution is 9.09. The van der Waals surface area contributed by atoms with Gasteiger partial charge in [-0.15, -0.1) is 13.2 Å². The molecule has 4 aromatic carbocycles. The van der Waals surface area contributed by atoms with E-state index in [-0.39, 0.29) is 24.4 Å². The Hall–Kier alpha value is -5.82. The van der Waals surface area contributed by atoms with Crippen LogP contribution in [-0.4, -0.2) is 23.5 Å². The Kier molecular flexibility index (Phi) is 31.9. The number of nitrogens with zero attached hydrogens (tertiary/aromatic N) is 2. The van der Waals surface area contributed by atoms with Crippen molar-refractivity contribution in [1.29, 1.82) is 0 Å². The number of hydrogen-bond donors (Lipinski definition) is 0. The van der Waals surface area contributed by atoms with E-state index < -0.39 is 0 Å². The highest BCUT2D eigenvalue weighted by atomic mass is 79.9. The first-order chi connectivity index (χ1) is 32.5. The number of aromatic nitrogens is 2. The Morgan fingerprint density at radius 1 is 0.441 bits per heavy atom. The third-order valence-electron chi connectivity index (χ3n) is 10.4. The Morgan fingerprint density at radius 3 is 1.10 bits per heavy atom. The molecule has 0 radical (unpaired) electrons. The first-order valence-electron chi connectivity index (χ1n) is 23.6. The van der Waals surface area contributed by atoms with Crippen molar-refractivity contribution in [1.82, 2.24) is 4.98 Å². The highest BCUT2D eigenvalue weighted by Gasteiger charge is 1.99. The van der Waals surface area contributed by atoms with Crippen LogP contribution in [0.15, 0.2) is 171 Å². The quantitative estimate of drug-likeness (QED) is 0.0199. The maximum absolute atomic E-state index is 5.89. The molecular weight excluding hydrogens is 965 g/mol. The third-order valence-corrected chi connectivity index (χ3v) is 10.4. The molecule has 4 nitrogen and oxygen atoms in total. The van der Waals surface area contributed by atoms with Crippen molar-refractivity contribution in [2.24, 2.45) is 0 Å². The van der Waals surface area contributed by atoms with E-state index in [0.29, 0.717) is 0 Å². The van der Waals surface area contributed by atoms with Crippen molar-refractivity contribution >= 4 is 64.5 Å². The first-order valence-corrected chi connectivity index (χ1v) is 24.7. The molecule has 6 aromatic rings. The summed E-state index contributed by atoms with van der Waals surface area (Å²) in [5.41, 5.74) is 9.42. The van der Waals surface area contributed by atoms with Crippen LogP contribution in [0.3, 0.4) is 0 Å². The van der Waals surface area contributed by atoms with Gasteiger partial charge in [0.15, 0.2) is 12.4 Å². The number of benzene rings is 4. The second-order valence-electron chi connectivity index (χ2n) is 15.6. The largest absolute Gasteiger partial charge is 1.00 e. The van der Waals surface area contributed by atoms with E-state index in [1.165, 1.54) is 65.5 Å². The standard InChI is InChI=1S/C31H35NO.C28H30NO.C2H5Br.CH4.BrH/c1-2-3-4-5-6-7-8-9-26-33-31-20-18-29(19-21-31)15-14-27-10-12-28(13-11-27)16-17-30-22-24-32-25-23-30;1-3-5-6-23-30-28-17-15-26(16-18-28)12-11-24-7-9-25(10-8-24)13-14-27-19-21-29(4-2)22-20-27;1-2-3;;/h2,10-25H,1,3-9,26H2;3,7-22H,1,4-6,23H2,2H3;2H2,1H3;1H4;1H/q;+1;;;/p-1. The number of ether oxygens (including phenoxy) is 2. The van der Waals surface area contributed by atoms with Gasteiger partial charge in [-0.3, -0.25) is 4.98 Å². The molecule has 2 aromatic heterocycles. The van der Waals surface area contributed by atoms with Crippen molar-refractivity contribution in [2.45, 2.75) is 85.6 Å². The SMILES string of the molecule is C.C=CCCCCCCCCOc1ccc(C=Cc2ccc(C=Cc3ccncc3)cc2)cc1.C=CCCCOc1ccc(C=Cc2ccc(C=Cc3cc[n+](CC)cc3)cc2)cc1.CCBr.[Br-]. The van der Waals surface area contributed by atoms with E-state index in [9.17, 15) is 0 Å². The zero-order valence-corrected chi connectivity index (χ0v) is 42.9. The van der Waals surface area contributed by atoms with Crippen LogP contribution in [0.25, 0.3) is 48.6 Å². The number of alkyl halides is 1. The van der Waals surface area contributed by atoms with Crippen LogP contribution in [-0.2, 0) is 6.54 Å². The van der Waals surface area contributed by atoms with E-state index >= 15 is 0 Å². The van der Waals surface area contributed by atoms with E-state index in [1.807, 2.05) is 43.3 Å². The lowest BCUT2D eigenvalue weighted by Crippen LogP contribution is -3.00. The fraction of sp³-hybridized carbons (Fsp3) is 0.258. The van der Waals surface area contributed by atoms with Crippen LogP contribution in [0.1, 0.15) is 124 Å². The Bertz CT molecular complexity index is 2320.